The van der Waals surface area contributed by atoms with Gasteiger partial charge in [-0.15, -0.1) is 0 Å². The Morgan fingerprint density at radius 1 is 1.00 bits per heavy atom. The van der Waals surface area contributed by atoms with Gasteiger partial charge in [0, 0.05) is 17.8 Å². The third-order valence-electron chi connectivity index (χ3n) is 2.81. The van der Waals surface area contributed by atoms with Crippen molar-refractivity contribution in [2.24, 2.45) is 0 Å². The number of rotatable bonds is 3. The summed E-state index contributed by atoms with van der Waals surface area (Å²) >= 11 is 0. The lowest BCUT2D eigenvalue weighted by atomic mass is 10.1. The van der Waals surface area contributed by atoms with Crippen molar-refractivity contribution in [2.45, 2.75) is 13.5 Å². The maximum absolute atomic E-state index is 5.45. The van der Waals surface area contributed by atoms with Crippen LogP contribution in [0.1, 0.15) is 11.1 Å². The van der Waals surface area contributed by atoms with Gasteiger partial charge in [-0.2, -0.15) is 0 Å². The Balaban J connectivity index is 1.73. The van der Waals surface area contributed by atoms with Gasteiger partial charge < -0.3 is 10.1 Å². The van der Waals surface area contributed by atoms with Gasteiger partial charge in [-0.25, -0.2) is 0 Å². The lowest BCUT2D eigenvalue weighted by molar-refractivity contribution is 0.642. The summed E-state index contributed by atoms with van der Waals surface area (Å²) < 4.78 is 5.45. The molecule has 0 fully saturated rings. The molecule has 0 amide bonds. The van der Waals surface area contributed by atoms with Gasteiger partial charge in [0.15, 0.2) is 11.5 Å². The molecule has 0 bridgehead atoms. The molecule has 2 nitrogen and oxygen atoms in total. The average molecular weight is 211 g/mol. The second-order valence-electron chi connectivity index (χ2n) is 4.02. The zero-order valence-electron chi connectivity index (χ0n) is 9.16. The number of hydrogen-bond donors (Lipinski definition) is 1. The predicted molar refractivity (Wildman–Crippen MR) is 65.0 cm³/mol. The van der Waals surface area contributed by atoms with Crippen LogP contribution in [0.15, 0.2) is 42.5 Å². The van der Waals surface area contributed by atoms with Crippen LogP contribution >= 0.6 is 0 Å². The minimum Gasteiger partial charge on any atom is -0.449 e. The fourth-order valence-corrected chi connectivity index (χ4v) is 1.82. The summed E-state index contributed by atoms with van der Waals surface area (Å²) in [5.74, 6) is 2.12. The third kappa shape index (κ3) is 1.63. The second-order valence-corrected chi connectivity index (χ2v) is 4.02. The Hall–Kier alpha value is -1.96. The summed E-state index contributed by atoms with van der Waals surface area (Å²) in [5, 5.41) is 3.37. The molecule has 0 unspecified atom stereocenters. The van der Waals surface area contributed by atoms with E-state index < -0.39 is 0 Å². The Morgan fingerprint density at radius 2 is 1.81 bits per heavy atom. The molecule has 0 spiro atoms. The van der Waals surface area contributed by atoms with Crippen molar-refractivity contribution in [3.05, 3.63) is 53.6 Å². The van der Waals surface area contributed by atoms with E-state index in [2.05, 4.69) is 36.5 Å². The van der Waals surface area contributed by atoms with E-state index >= 15 is 0 Å². The van der Waals surface area contributed by atoms with E-state index in [0.29, 0.717) is 0 Å². The first-order chi connectivity index (χ1) is 7.84. The molecule has 1 aliphatic rings. The highest BCUT2D eigenvalue weighted by Crippen LogP contribution is 2.50. The molecule has 0 saturated carbocycles. The van der Waals surface area contributed by atoms with E-state index in [9.17, 15) is 0 Å². The SMILES string of the molecule is Cc1ccc(CNc2ccccc2)c2c1O2. The van der Waals surface area contributed by atoms with Crippen molar-refractivity contribution in [3.8, 4) is 11.5 Å². The van der Waals surface area contributed by atoms with Crippen LogP contribution in [-0.4, -0.2) is 0 Å². The van der Waals surface area contributed by atoms with E-state index in [-0.39, 0.29) is 0 Å². The summed E-state index contributed by atoms with van der Waals surface area (Å²) in [7, 11) is 0. The predicted octanol–water partition coefficient (Wildman–Crippen LogP) is 3.71. The number of benzene rings is 2. The van der Waals surface area contributed by atoms with Crippen LogP contribution in [0.4, 0.5) is 5.69 Å². The molecule has 3 rings (SSSR count). The molecule has 0 saturated heterocycles. The number of ether oxygens (including phenoxy) is 1. The standard InChI is InChI=1S/C14H13NO/c1-10-7-8-11(14-13(10)16-14)9-15-12-5-3-2-4-6-12/h2-8,15H,9H2,1H3. The Morgan fingerprint density at radius 3 is 2.62 bits per heavy atom. The molecule has 2 heteroatoms. The van der Waals surface area contributed by atoms with Gasteiger partial charge in [0.25, 0.3) is 0 Å². The first-order valence-electron chi connectivity index (χ1n) is 5.44. The van der Waals surface area contributed by atoms with Crippen LogP contribution in [0, 0.1) is 6.92 Å². The third-order valence-corrected chi connectivity index (χ3v) is 2.81. The number of anilines is 1. The molecule has 16 heavy (non-hydrogen) atoms. The van der Waals surface area contributed by atoms with Gasteiger partial charge in [0.2, 0.25) is 0 Å². The van der Waals surface area contributed by atoms with Crippen molar-refractivity contribution < 1.29 is 4.74 Å². The molecule has 0 aromatic heterocycles. The fraction of sp³-hybridized carbons (Fsp3) is 0.143. The molecule has 1 aliphatic heterocycles. The van der Waals surface area contributed by atoms with Gasteiger partial charge >= 0.3 is 0 Å². The summed E-state index contributed by atoms with van der Waals surface area (Å²) in [6.07, 6.45) is 0. The van der Waals surface area contributed by atoms with Gasteiger partial charge in [0.1, 0.15) is 0 Å². The van der Waals surface area contributed by atoms with E-state index in [1.54, 1.807) is 0 Å². The highest BCUT2D eigenvalue weighted by atomic mass is 16.6. The quantitative estimate of drug-likeness (QED) is 0.668. The largest absolute Gasteiger partial charge is 0.449 e. The van der Waals surface area contributed by atoms with E-state index in [4.69, 9.17) is 4.74 Å². The summed E-state index contributed by atoms with van der Waals surface area (Å²) in [4.78, 5) is 0. The monoisotopic (exact) mass is 211 g/mol. The lowest BCUT2D eigenvalue weighted by Gasteiger charge is -2.04. The molecule has 80 valence electrons. The smallest absolute Gasteiger partial charge is 0.175 e. The normalized spacial score (nSPS) is 11.6. The highest BCUT2D eigenvalue weighted by molar-refractivity contribution is 5.64. The van der Waals surface area contributed by atoms with Crippen molar-refractivity contribution in [1.29, 1.82) is 0 Å². The molecule has 0 aliphatic carbocycles. The Labute approximate surface area is 94.9 Å². The number of fused-ring (bicyclic) bond motifs is 1. The zero-order valence-corrected chi connectivity index (χ0v) is 9.16. The lowest BCUT2D eigenvalue weighted by Crippen LogP contribution is -1.97. The van der Waals surface area contributed by atoms with Crippen LogP contribution < -0.4 is 10.1 Å². The number of para-hydroxylation sites is 1. The van der Waals surface area contributed by atoms with Crippen molar-refractivity contribution in [1.82, 2.24) is 0 Å². The summed E-state index contributed by atoms with van der Waals surface area (Å²) in [6, 6.07) is 14.4. The summed E-state index contributed by atoms with van der Waals surface area (Å²) in [6.45, 7) is 2.88. The van der Waals surface area contributed by atoms with Crippen molar-refractivity contribution in [2.75, 3.05) is 5.32 Å². The Bertz CT molecular complexity index is 520. The van der Waals surface area contributed by atoms with Crippen LogP contribution in [0.3, 0.4) is 0 Å². The van der Waals surface area contributed by atoms with E-state index in [0.717, 1.165) is 23.7 Å². The van der Waals surface area contributed by atoms with E-state index in [1.807, 2.05) is 18.2 Å². The molecule has 2 aromatic rings. The minimum atomic E-state index is 0.812. The molecular formula is C14H13NO. The minimum absolute atomic E-state index is 0.812. The molecule has 2 aromatic carbocycles. The molecule has 0 radical (unpaired) electrons. The summed E-state index contributed by atoms with van der Waals surface area (Å²) in [5.41, 5.74) is 3.58. The second kappa shape index (κ2) is 3.56. The molecule has 0 atom stereocenters. The maximum atomic E-state index is 5.45. The first-order valence-corrected chi connectivity index (χ1v) is 5.44. The first kappa shape index (κ1) is 9.28. The van der Waals surface area contributed by atoms with Crippen LogP contribution in [0.2, 0.25) is 0 Å². The highest BCUT2D eigenvalue weighted by Gasteiger charge is 2.26. The number of aryl methyl sites for hydroxylation is 1. The topological polar surface area (TPSA) is 24.6 Å². The van der Waals surface area contributed by atoms with Crippen molar-refractivity contribution >= 4 is 5.69 Å². The zero-order chi connectivity index (χ0) is 11.0. The molecule has 1 N–H and O–H groups in total. The van der Waals surface area contributed by atoms with Gasteiger partial charge in [-0.3, -0.25) is 0 Å². The maximum Gasteiger partial charge on any atom is 0.175 e. The number of nitrogens with one attached hydrogen (secondary N) is 1. The van der Waals surface area contributed by atoms with Gasteiger partial charge in [0.05, 0.1) is 0 Å². The molecule has 1 heterocycles. The average Bonchev–Trinajstić information content (AvgIpc) is 3.11. The van der Waals surface area contributed by atoms with Crippen LogP contribution in [0.25, 0.3) is 0 Å². The molecular weight excluding hydrogens is 198 g/mol. The van der Waals surface area contributed by atoms with Gasteiger partial charge in [-0.05, 0) is 24.6 Å². The van der Waals surface area contributed by atoms with E-state index in [1.165, 1.54) is 11.1 Å². The van der Waals surface area contributed by atoms with Crippen LogP contribution in [0.5, 0.6) is 11.5 Å². The Kier molecular flexibility index (Phi) is 2.07. The van der Waals surface area contributed by atoms with Crippen molar-refractivity contribution in [3.63, 3.8) is 0 Å². The van der Waals surface area contributed by atoms with Gasteiger partial charge in [-0.1, -0.05) is 30.3 Å². The number of hydrogen-bond acceptors (Lipinski definition) is 2. The van der Waals surface area contributed by atoms with Crippen LogP contribution in [-0.2, 0) is 6.54 Å². The fourth-order valence-electron chi connectivity index (χ4n) is 1.82.